The van der Waals surface area contributed by atoms with Gasteiger partial charge in [-0.1, -0.05) is 17.3 Å². The smallest absolute Gasteiger partial charge is 0.241 e. The van der Waals surface area contributed by atoms with Gasteiger partial charge >= 0.3 is 0 Å². The molecule has 0 radical (unpaired) electrons. The molecule has 1 aromatic carbocycles. The Balaban J connectivity index is 2.21. The number of aliphatic hydroxyl groups is 1. The lowest BCUT2D eigenvalue weighted by Crippen LogP contribution is -2.24. The zero-order valence-electron chi connectivity index (χ0n) is 11.1. The Morgan fingerprint density at radius 1 is 1.35 bits per heavy atom. The van der Waals surface area contributed by atoms with Crippen LogP contribution in [0.4, 0.5) is 0 Å². The van der Waals surface area contributed by atoms with E-state index in [1.54, 1.807) is 26.0 Å². The van der Waals surface area contributed by atoms with Crippen molar-refractivity contribution in [2.75, 3.05) is 0 Å². The van der Waals surface area contributed by atoms with Crippen molar-refractivity contribution in [3.63, 3.8) is 0 Å². The average molecular weight is 297 g/mol. The molecule has 0 aliphatic carbocycles. The van der Waals surface area contributed by atoms with Crippen LogP contribution in [-0.2, 0) is 23.2 Å². The van der Waals surface area contributed by atoms with E-state index in [0.29, 0.717) is 17.0 Å². The highest BCUT2D eigenvalue weighted by atomic mass is 32.2. The lowest BCUT2D eigenvalue weighted by atomic mass is 10.2. The second kappa shape index (κ2) is 5.70. The summed E-state index contributed by atoms with van der Waals surface area (Å²) in [5.74, 6) is 0.639. The van der Waals surface area contributed by atoms with Gasteiger partial charge in [0.2, 0.25) is 15.9 Å². The van der Waals surface area contributed by atoms with Crippen molar-refractivity contribution in [1.82, 2.24) is 14.9 Å². The minimum Gasteiger partial charge on any atom is -0.392 e. The molecule has 8 heteroatoms. The number of hydrogen-bond donors (Lipinski definition) is 2. The van der Waals surface area contributed by atoms with Gasteiger partial charge in [-0.3, -0.25) is 0 Å². The summed E-state index contributed by atoms with van der Waals surface area (Å²) in [6.45, 7) is 3.05. The van der Waals surface area contributed by atoms with Crippen molar-refractivity contribution in [1.29, 1.82) is 0 Å². The molecule has 2 rings (SSSR count). The van der Waals surface area contributed by atoms with Crippen molar-refractivity contribution in [3.8, 4) is 0 Å². The SMILES string of the molecule is Cc1nc(CNS(=O)(=O)c2cc(CO)ccc2C)no1. The summed E-state index contributed by atoms with van der Waals surface area (Å²) in [6, 6.07) is 4.77. The van der Waals surface area contributed by atoms with E-state index in [0.717, 1.165) is 0 Å². The molecule has 108 valence electrons. The van der Waals surface area contributed by atoms with Crippen LogP contribution in [0.15, 0.2) is 27.6 Å². The van der Waals surface area contributed by atoms with Crippen molar-refractivity contribution < 1.29 is 18.0 Å². The van der Waals surface area contributed by atoms with Gasteiger partial charge in [0, 0.05) is 6.92 Å². The summed E-state index contributed by atoms with van der Waals surface area (Å²) in [7, 11) is -3.70. The molecule has 2 N–H and O–H groups in total. The van der Waals surface area contributed by atoms with Crippen LogP contribution in [0.3, 0.4) is 0 Å². The Bertz CT molecular complexity index is 709. The minimum absolute atomic E-state index is 0.0531. The van der Waals surface area contributed by atoms with Gasteiger partial charge in [-0.2, -0.15) is 4.98 Å². The van der Waals surface area contributed by atoms with Gasteiger partial charge in [0.25, 0.3) is 0 Å². The first-order valence-corrected chi connectivity index (χ1v) is 7.40. The number of sulfonamides is 1. The van der Waals surface area contributed by atoms with Crippen molar-refractivity contribution in [2.24, 2.45) is 0 Å². The second-order valence-electron chi connectivity index (χ2n) is 4.31. The Hall–Kier alpha value is -1.77. The summed E-state index contributed by atoms with van der Waals surface area (Å²) in [6.07, 6.45) is 0. The van der Waals surface area contributed by atoms with Gasteiger partial charge < -0.3 is 9.63 Å². The van der Waals surface area contributed by atoms with E-state index in [4.69, 9.17) is 9.63 Å². The van der Waals surface area contributed by atoms with Gasteiger partial charge in [-0.15, -0.1) is 0 Å². The highest BCUT2D eigenvalue weighted by molar-refractivity contribution is 7.89. The number of aryl methyl sites for hydroxylation is 2. The third kappa shape index (κ3) is 3.21. The summed E-state index contributed by atoms with van der Waals surface area (Å²) in [4.78, 5) is 4.05. The van der Waals surface area contributed by atoms with Gasteiger partial charge in [0.15, 0.2) is 5.82 Å². The third-order valence-corrected chi connectivity index (χ3v) is 4.26. The quantitative estimate of drug-likeness (QED) is 0.839. The van der Waals surface area contributed by atoms with Gasteiger partial charge in [-0.05, 0) is 24.1 Å². The summed E-state index contributed by atoms with van der Waals surface area (Å²) in [5, 5.41) is 12.7. The fourth-order valence-corrected chi connectivity index (χ4v) is 2.96. The van der Waals surface area contributed by atoms with E-state index >= 15 is 0 Å². The normalized spacial score (nSPS) is 11.8. The number of aliphatic hydroxyl groups excluding tert-OH is 1. The molecule has 0 saturated carbocycles. The van der Waals surface area contributed by atoms with E-state index in [1.807, 2.05) is 0 Å². The van der Waals surface area contributed by atoms with Crippen LogP contribution in [0.5, 0.6) is 0 Å². The second-order valence-corrected chi connectivity index (χ2v) is 6.05. The lowest BCUT2D eigenvalue weighted by molar-refractivity contribution is 0.281. The fourth-order valence-electron chi connectivity index (χ4n) is 1.68. The lowest BCUT2D eigenvalue weighted by Gasteiger charge is -2.09. The zero-order valence-corrected chi connectivity index (χ0v) is 11.9. The molecular formula is C12H15N3O4S. The molecule has 0 saturated heterocycles. The molecule has 7 nitrogen and oxygen atoms in total. The molecule has 0 spiro atoms. The minimum atomic E-state index is -3.70. The van der Waals surface area contributed by atoms with Crippen LogP contribution in [0, 0.1) is 13.8 Å². The van der Waals surface area contributed by atoms with E-state index in [2.05, 4.69) is 14.9 Å². The van der Waals surface area contributed by atoms with E-state index in [9.17, 15) is 8.42 Å². The molecule has 0 atom stereocenters. The molecule has 0 bridgehead atoms. The van der Waals surface area contributed by atoms with Crippen LogP contribution in [0.2, 0.25) is 0 Å². The number of benzene rings is 1. The standard InChI is InChI=1S/C12H15N3O4S/c1-8-3-4-10(7-16)5-11(8)20(17,18)13-6-12-14-9(2)19-15-12/h3-5,13,16H,6-7H2,1-2H3. The molecule has 0 aliphatic rings. The number of aromatic nitrogens is 2. The Morgan fingerprint density at radius 2 is 2.10 bits per heavy atom. The topological polar surface area (TPSA) is 105 Å². The molecule has 0 fully saturated rings. The summed E-state index contributed by atoms with van der Waals surface area (Å²) < 4.78 is 31.6. The van der Waals surface area contributed by atoms with E-state index in [-0.39, 0.29) is 23.9 Å². The molecule has 1 aromatic heterocycles. The van der Waals surface area contributed by atoms with E-state index in [1.165, 1.54) is 6.07 Å². The molecule has 0 aliphatic heterocycles. The van der Waals surface area contributed by atoms with Crippen LogP contribution in [-0.4, -0.2) is 23.7 Å². The number of hydrogen-bond acceptors (Lipinski definition) is 6. The molecule has 1 heterocycles. The average Bonchev–Trinajstić information content (AvgIpc) is 2.83. The molecule has 20 heavy (non-hydrogen) atoms. The number of nitrogens with one attached hydrogen (secondary N) is 1. The number of rotatable bonds is 5. The summed E-state index contributed by atoms with van der Waals surface area (Å²) in [5.41, 5.74) is 1.13. The Morgan fingerprint density at radius 3 is 2.70 bits per heavy atom. The van der Waals surface area contributed by atoms with Crippen molar-refractivity contribution in [2.45, 2.75) is 31.9 Å². The predicted octanol–water partition coefficient (Wildman–Crippen LogP) is 0.657. The maximum Gasteiger partial charge on any atom is 0.241 e. The molecule has 0 amide bonds. The van der Waals surface area contributed by atoms with Crippen molar-refractivity contribution in [3.05, 3.63) is 41.0 Å². The largest absolute Gasteiger partial charge is 0.392 e. The Labute approximate surface area is 116 Å². The van der Waals surface area contributed by atoms with Crippen molar-refractivity contribution >= 4 is 10.0 Å². The monoisotopic (exact) mass is 297 g/mol. The van der Waals surface area contributed by atoms with Crippen LogP contribution in [0.1, 0.15) is 22.8 Å². The highest BCUT2D eigenvalue weighted by Gasteiger charge is 2.18. The van der Waals surface area contributed by atoms with Gasteiger partial charge in [-0.25, -0.2) is 13.1 Å². The third-order valence-electron chi connectivity index (χ3n) is 2.71. The summed E-state index contributed by atoms with van der Waals surface area (Å²) >= 11 is 0. The van der Waals surface area contributed by atoms with Gasteiger partial charge in [0.05, 0.1) is 18.0 Å². The molecule has 2 aromatic rings. The maximum atomic E-state index is 12.2. The fraction of sp³-hybridized carbons (Fsp3) is 0.333. The van der Waals surface area contributed by atoms with Gasteiger partial charge in [0.1, 0.15) is 0 Å². The first-order chi connectivity index (χ1) is 9.42. The predicted molar refractivity (Wildman–Crippen MR) is 70.2 cm³/mol. The molecule has 0 unspecified atom stereocenters. The maximum absolute atomic E-state index is 12.2. The van der Waals surface area contributed by atoms with Crippen LogP contribution in [0.25, 0.3) is 0 Å². The molecular weight excluding hydrogens is 282 g/mol. The first-order valence-electron chi connectivity index (χ1n) is 5.91. The van der Waals surface area contributed by atoms with Crippen LogP contribution >= 0.6 is 0 Å². The van der Waals surface area contributed by atoms with Crippen LogP contribution < -0.4 is 4.72 Å². The Kier molecular flexibility index (Phi) is 4.17. The highest BCUT2D eigenvalue weighted by Crippen LogP contribution is 2.17. The number of nitrogens with zero attached hydrogens (tertiary/aromatic N) is 2. The first kappa shape index (κ1) is 14.6. The zero-order chi connectivity index (χ0) is 14.8. The van der Waals surface area contributed by atoms with E-state index < -0.39 is 10.0 Å².